The van der Waals surface area contributed by atoms with Crippen LogP contribution in [0, 0.1) is 17.8 Å². The maximum Gasteiger partial charge on any atom is 0.0104 e. The fourth-order valence-corrected chi connectivity index (χ4v) is 3.16. The third kappa shape index (κ3) is 2.94. The summed E-state index contributed by atoms with van der Waals surface area (Å²) in [5.74, 6) is 2.90. The minimum Gasteiger partial charge on any atom is -0.317 e. The molecule has 0 aromatic heterocycles. The molecule has 0 aromatic rings. The van der Waals surface area contributed by atoms with Gasteiger partial charge in [-0.25, -0.2) is 0 Å². The molecule has 0 aromatic carbocycles. The first-order chi connectivity index (χ1) is 7.20. The van der Waals surface area contributed by atoms with Crippen LogP contribution in [0.2, 0.25) is 0 Å². The summed E-state index contributed by atoms with van der Waals surface area (Å²) >= 11 is 0. The van der Waals surface area contributed by atoms with Gasteiger partial charge in [0.1, 0.15) is 0 Å². The predicted molar refractivity (Wildman–Crippen MR) is 65.0 cm³/mol. The van der Waals surface area contributed by atoms with E-state index in [4.69, 9.17) is 0 Å². The first kappa shape index (κ1) is 11.4. The van der Waals surface area contributed by atoms with E-state index in [1.165, 1.54) is 38.8 Å². The molecular weight excluding hydrogens is 184 g/mol. The smallest absolute Gasteiger partial charge is 0.0104 e. The van der Waals surface area contributed by atoms with Crippen LogP contribution in [0.5, 0.6) is 0 Å². The van der Waals surface area contributed by atoms with Crippen molar-refractivity contribution in [3.05, 3.63) is 0 Å². The van der Waals surface area contributed by atoms with E-state index in [2.05, 4.69) is 31.2 Å². The van der Waals surface area contributed by atoms with Crippen LogP contribution in [0.4, 0.5) is 0 Å². The lowest BCUT2D eigenvalue weighted by Crippen LogP contribution is -2.37. The summed E-state index contributed by atoms with van der Waals surface area (Å²) in [5, 5.41) is 3.47. The lowest BCUT2D eigenvalue weighted by Gasteiger charge is -2.25. The van der Waals surface area contributed by atoms with Crippen molar-refractivity contribution in [1.82, 2.24) is 10.2 Å². The molecule has 0 saturated heterocycles. The van der Waals surface area contributed by atoms with Crippen molar-refractivity contribution in [1.29, 1.82) is 0 Å². The van der Waals surface area contributed by atoms with E-state index in [-0.39, 0.29) is 0 Å². The van der Waals surface area contributed by atoms with Gasteiger partial charge in [-0.2, -0.15) is 0 Å². The Morgan fingerprint density at radius 2 is 1.87 bits per heavy atom. The summed E-state index contributed by atoms with van der Waals surface area (Å²) in [6.45, 7) is 5.01. The molecule has 4 unspecified atom stereocenters. The van der Waals surface area contributed by atoms with Gasteiger partial charge >= 0.3 is 0 Å². The second kappa shape index (κ2) is 4.84. The molecule has 0 radical (unpaired) electrons. The first-order valence-corrected chi connectivity index (χ1v) is 6.56. The monoisotopic (exact) mass is 210 g/mol. The van der Waals surface area contributed by atoms with Gasteiger partial charge in [-0.1, -0.05) is 13.3 Å². The zero-order valence-electron chi connectivity index (χ0n) is 10.5. The highest BCUT2D eigenvalue weighted by Crippen LogP contribution is 2.38. The molecule has 0 amide bonds. The Kier molecular flexibility index (Phi) is 3.68. The molecule has 2 heteroatoms. The summed E-state index contributed by atoms with van der Waals surface area (Å²) in [6.07, 6.45) is 5.69. The van der Waals surface area contributed by atoms with Crippen molar-refractivity contribution >= 4 is 0 Å². The van der Waals surface area contributed by atoms with E-state index >= 15 is 0 Å². The fraction of sp³-hybridized carbons (Fsp3) is 1.00. The molecule has 0 spiro atoms. The summed E-state index contributed by atoms with van der Waals surface area (Å²) in [6, 6.07) is 0.782. The normalized spacial score (nSPS) is 40.0. The van der Waals surface area contributed by atoms with Crippen LogP contribution >= 0.6 is 0 Å². The molecule has 0 aliphatic heterocycles. The lowest BCUT2D eigenvalue weighted by molar-refractivity contribution is 0.245. The molecule has 88 valence electrons. The molecule has 0 heterocycles. The summed E-state index contributed by atoms with van der Waals surface area (Å²) in [4.78, 5) is 2.56. The van der Waals surface area contributed by atoms with Crippen molar-refractivity contribution in [3.63, 3.8) is 0 Å². The second-order valence-corrected chi connectivity index (χ2v) is 5.78. The molecule has 2 aliphatic rings. The molecule has 2 aliphatic carbocycles. The van der Waals surface area contributed by atoms with Gasteiger partial charge in [-0.3, -0.25) is 0 Å². The molecule has 15 heavy (non-hydrogen) atoms. The van der Waals surface area contributed by atoms with Crippen molar-refractivity contribution in [2.45, 2.75) is 38.6 Å². The Morgan fingerprint density at radius 3 is 2.47 bits per heavy atom. The molecule has 2 rings (SSSR count). The maximum atomic E-state index is 3.47. The molecule has 2 saturated carbocycles. The minimum atomic E-state index is 0.782. The standard InChI is InChI=1S/C13H26N2/c1-10-7-12(10)9-15(3)8-11-5-4-6-13(11)14-2/h10-14H,4-9H2,1-3H3. The van der Waals surface area contributed by atoms with E-state index in [1.807, 2.05) is 0 Å². The van der Waals surface area contributed by atoms with E-state index in [9.17, 15) is 0 Å². The Balaban J connectivity index is 1.70. The SMILES string of the molecule is CNC1CCCC1CN(C)CC1CC1C. The third-order valence-corrected chi connectivity index (χ3v) is 4.40. The number of hydrogen-bond acceptors (Lipinski definition) is 2. The predicted octanol–water partition coefficient (Wildman–Crippen LogP) is 1.96. The van der Waals surface area contributed by atoms with E-state index in [1.54, 1.807) is 0 Å². The Hall–Kier alpha value is -0.0800. The van der Waals surface area contributed by atoms with Crippen molar-refractivity contribution in [2.24, 2.45) is 17.8 Å². The van der Waals surface area contributed by atoms with Crippen LogP contribution in [0.25, 0.3) is 0 Å². The van der Waals surface area contributed by atoms with Crippen molar-refractivity contribution in [2.75, 3.05) is 27.2 Å². The van der Waals surface area contributed by atoms with Crippen LogP contribution < -0.4 is 5.32 Å². The van der Waals surface area contributed by atoms with Gasteiger partial charge in [0.05, 0.1) is 0 Å². The number of nitrogens with zero attached hydrogens (tertiary/aromatic N) is 1. The maximum absolute atomic E-state index is 3.47. The van der Waals surface area contributed by atoms with Gasteiger partial charge in [-0.15, -0.1) is 0 Å². The average Bonchev–Trinajstić information content (AvgIpc) is 2.73. The highest BCUT2D eigenvalue weighted by Gasteiger charge is 2.34. The third-order valence-electron chi connectivity index (χ3n) is 4.40. The van der Waals surface area contributed by atoms with Crippen LogP contribution in [-0.4, -0.2) is 38.1 Å². The quantitative estimate of drug-likeness (QED) is 0.746. The highest BCUT2D eigenvalue weighted by molar-refractivity contribution is 4.87. The molecule has 0 bridgehead atoms. The Labute approximate surface area is 94.4 Å². The van der Waals surface area contributed by atoms with Gasteiger partial charge in [0, 0.05) is 19.1 Å². The molecule has 2 nitrogen and oxygen atoms in total. The van der Waals surface area contributed by atoms with Gasteiger partial charge < -0.3 is 10.2 Å². The van der Waals surface area contributed by atoms with Crippen LogP contribution in [0.3, 0.4) is 0 Å². The molecule has 4 atom stereocenters. The minimum absolute atomic E-state index is 0.782. The van der Waals surface area contributed by atoms with Gasteiger partial charge in [0.25, 0.3) is 0 Å². The van der Waals surface area contributed by atoms with Crippen LogP contribution in [0.15, 0.2) is 0 Å². The molecule has 1 N–H and O–H groups in total. The number of rotatable bonds is 5. The van der Waals surface area contributed by atoms with Crippen molar-refractivity contribution < 1.29 is 0 Å². The van der Waals surface area contributed by atoms with E-state index in [0.717, 1.165) is 23.8 Å². The Bertz CT molecular complexity index is 205. The zero-order chi connectivity index (χ0) is 10.8. The van der Waals surface area contributed by atoms with Crippen LogP contribution in [-0.2, 0) is 0 Å². The van der Waals surface area contributed by atoms with Gasteiger partial charge in [-0.05, 0) is 51.1 Å². The van der Waals surface area contributed by atoms with Crippen LogP contribution in [0.1, 0.15) is 32.6 Å². The molecule has 2 fully saturated rings. The molecular formula is C13H26N2. The highest BCUT2D eigenvalue weighted by atomic mass is 15.1. The summed E-state index contributed by atoms with van der Waals surface area (Å²) in [5.41, 5.74) is 0. The van der Waals surface area contributed by atoms with Crippen molar-refractivity contribution in [3.8, 4) is 0 Å². The lowest BCUT2D eigenvalue weighted by atomic mass is 10.0. The van der Waals surface area contributed by atoms with E-state index < -0.39 is 0 Å². The summed E-state index contributed by atoms with van der Waals surface area (Å²) in [7, 11) is 4.42. The zero-order valence-corrected chi connectivity index (χ0v) is 10.5. The number of nitrogens with one attached hydrogen (secondary N) is 1. The van der Waals surface area contributed by atoms with Gasteiger partial charge in [0.15, 0.2) is 0 Å². The topological polar surface area (TPSA) is 15.3 Å². The largest absolute Gasteiger partial charge is 0.317 e. The van der Waals surface area contributed by atoms with E-state index in [0.29, 0.717) is 0 Å². The fourth-order valence-electron chi connectivity index (χ4n) is 3.16. The second-order valence-electron chi connectivity index (χ2n) is 5.78. The first-order valence-electron chi connectivity index (χ1n) is 6.56. The number of hydrogen-bond donors (Lipinski definition) is 1. The Morgan fingerprint density at radius 1 is 1.20 bits per heavy atom. The summed E-state index contributed by atoms with van der Waals surface area (Å²) < 4.78 is 0. The average molecular weight is 210 g/mol. The van der Waals surface area contributed by atoms with Gasteiger partial charge in [0.2, 0.25) is 0 Å².